The average molecular weight is 409 g/mol. The normalized spacial score (nSPS) is 11.1. The third-order valence-corrected chi connectivity index (χ3v) is 4.89. The highest BCUT2D eigenvalue weighted by Crippen LogP contribution is 2.38. The number of nitrogens with zero attached hydrogens (tertiary/aromatic N) is 1. The van der Waals surface area contributed by atoms with Crippen LogP contribution in [-0.4, -0.2) is 23.7 Å². The van der Waals surface area contributed by atoms with Crippen LogP contribution in [0.5, 0.6) is 5.75 Å². The fraction of sp³-hybridized carbons (Fsp3) is 0.375. The standard InChI is InChI=1S/C24H32N4O2/c1-5-13-26-24(29)27-18-9-7-17(8-10-18)23-22(25)20-12-11-19(30-6-2)14-21(20)28(23)15-16(3)4/h7-12,14,16H,5-6,13,15,25H2,1-4H3,(H2,26,27,29). The topological polar surface area (TPSA) is 81.3 Å². The van der Waals surface area contributed by atoms with Gasteiger partial charge in [-0.25, -0.2) is 4.79 Å². The Kier molecular flexibility index (Phi) is 6.87. The molecule has 6 heteroatoms. The molecule has 0 saturated carbocycles. The maximum Gasteiger partial charge on any atom is 0.319 e. The molecule has 3 rings (SSSR count). The van der Waals surface area contributed by atoms with E-state index in [1.54, 1.807) is 0 Å². The molecule has 1 heterocycles. The minimum atomic E-state index is -0.193. The summed E-state index contributed by atoms with van der Waals surface area (Å²) < 4.78 is 7.98. The van der Waals surface area contributed by atoms with Crippen molar-refractivity contribution in [3.8, 4) is 17.0 Å². The van der Waals surface area contributed by atoms with E-state index in [4.69, 9.17) is 10.5 Å². The summed E-state index contributed by atoms with van der Waals surface area (Å²) in [5.74, 6) is 1.30. The van der Waals surface area contributed by atoms with Crippen molar-refractivity contribution in [1.82, 2.24) is 9.88 Å². The minimum absolute atomic E-state index is 0.193. The number of anilines is 2. The Labute approximate surface area is 178 Å². The molecule has 0 atom stereocenters. The maximum atomic E-state index is 11.9. The number of benzene rings is 2. The lowest BCUT2D eigenvalue weighted by Crippen LogP contribution is -2.29. The van der Waals surface area contributed by atoms with Gasteiger partial charge in [-0.2, -0.15) is 0 Å². The number of carbonyl (C=O) groups excluding carboxylic acids is 1. The van der Waals surface area contributed by atoms with Gasteiger partial charge >= 0.3 is 6.03 Å². The van der Waals surface area contributed by atoms with Gasteiger partial charge in [-0.05, 0) is 43.5 Å². The SMILES string of the molecule is CCCNC(=O)Nc1ccc(-c2c(N)c3ccc(OCC)cc3n2CC(C)C)cc1. The van der Waals surface area contributed by atoms with Crippen molar-refractivity contribution in [2.45, 2.75) is 40.7 Å². The average Bonchev–Trinajstić information content (AvgIpc) is 2.98. The zero-order chi connectivity index (χ0) is 21.7. The minimum Gasteiger partial charge on any atom is -0.494 e. The number of carbonyl (C=O) groups is 1. The quantitative estimate of drug-likeness (QED) is 0.462. The molecule has 30 heavy (non-hydrogen) atoms. The number of aromatic nitrogens is 1. The molecular formula is C24H32N4O2. The van der Waals surface area contributed by atoms with Crippen molar-refractivity contribution < 1.29 is 9.53 Å². The van der Waals surface area contributed by atoms with Gasteiger partial charge in [0.2, 0.25) is 0 Å². The second kappa shape index (κ2) is 9.57. The number of nitrogens with one attached hydrogen (secondary N) is 2. The van der Waals surface area contributed by atoms with E-state index in [0.717, 1.165) is 52.3 Å². The molecule has 6 nitrogen and oxygen atoms in total. The van der Waals surface area contributed by atoms with E-state index in [2.05, 4.69) is 35.1 Å². The summed E-state index contributed by atoms with van der Waals surface area (Å²) in [6, 6.07) is 13.7. The van der Waals surface area contributed by atoms with Crippen LogP contribution in [0.1, 0.15) is 34.1 Å². The highest BCUT2D eigenvalue weighted by atomic mass is 16.5. The second-order valence-electron chi connectivity index (χ2n) is 7.84. The summed E-state index contributed by atoms with van der Waals surface area (Å²) >= 11 is 0. The van der Waals surface area contributed by atoms with Gasteiger partial charge in [-0.1, -0.05) is 32.9 Å². The van der Waals surface area contributed by atoms with Crippen LogP contribution in [0.4, 0.5) is 16.2 Å². The predicted octanol–water partition coefficient (Wildman–Crippen LogP) is 5.48. The summed E-state index contributed by atoms with van der Waals surface area (Å²) in [7, 11) is 0. The van der Waals surface area contributed by atoms with E-state index in [0.29, 0.717) is 19.1 Å². The molecule has 0 spiro atoms. The molecule has 0 aliphatic carbocycles. The summed E-state index contributed by atoms with van der Waals surface area (Å²) in [6.45, 7) is 10.5. The first-order chi connectivity index (χ1) is 14.4. The van der Waals surface area contributed by atoms with Crippen molar-refractivity contribution in [3.05, 3.63) is 42.5 Å². The number of nitrogen functional groups attached to an aromatic ring is 1. The first-order valence-electron chi connectivity index (χ1n) is 10.6. The molecule has 160 valence electrons. The van der Waals surface area contributed by atoms with Crippen molar-refractivity contribution >= 4 is 28.3 Å². The van der Waals surface area contributed by atoms with Gasteiger partial charge in [-0.15, -0.1) is 0 Å². The zero-order valence-corrected chi connectivity index (χ0v) is 18.3. The van der Waals surface area contributed by atoms with Crippen LogP contribution in [0.15, 0.2) is 42.5 Å². The first-order valence-corrected chi connectivity index (χ1v) is 10.6. The van der Waals surface area contributed by atoms with Crippen molar-refractivity contribution in [3.63, 3.8) is 0 Å². The molecule has 0 fully saturated rings. The first kappa shape index (κ1) is 21.6. The fourth-order valence-corrected chi connectivity index (χ4v) is 3.60. The molecule has 4 N–H and O–H groups in total. The Morgan fingerprint density at radius 2 is 1.87 bits per heavy atom. The van der Waals surface area contributed by atoms with Gasteiger partial charge < -0.3 is 25.7 Å². The number of rotatable bonds is 8. The molecule has 3 aromatic rings. The second-order valence-corrected chi connectivity index (χ2v) is 7.84. The Bertz CT molecular complexity index is 1010. The number of hydrogen-bond acceptors (Lipinski definition) is 3. The Balaban J connectivity index is 1.99. The summed E-state index contributed by atoms with van der Waals surface area (Å²) in [5.41, 5.74) is 11.2. The van der Waals surface area contributed by atoms with Gasteiger partial charge in [0.15, 0.2) is 0 Å². The third kappa shape index (κ3) is 4.70. The molecule has 2 amide bonds. The number of fused-ring (bicyclic) bond motifs is 1. The summed E-state index contributed by atoms with van der Waals surface area (Å²) in [5, 5.41) is 6.70. The highest BCUT2D eigenvalue weighted by molar-refractivity contribution is 6.01. The van der Waals surface area contributed by atoms with E-state index in [1.807, 2.05) is 50.2 Å². The fourth-order valence-electron chi connectivity index (χ4n) is 3.60. The smallest absolute Gasteiger partial charge is 0.319 e. The molecule has 0 radical (unpaired) electrons. The lowest BCUT2D eigenvalue weighted by Gasteiger charge is -2.15. The third-order valence-electron chi connectivity index (χ3n) is 4.89. The monoisotopic (exact) mass is 408 g/mol. The van der Waals surface area contributed by atoms with E-state index < -0.39 is 0 Å². The number of amides is 2. The number of ether oxygens (including phenoxy) is 1. The molecule has 0 bridgehead atoms. The molecular weight excluding hydrogens is 376 g/mol. The van der Waals surface area contributed by atoms with Gasteiger partial charge in [0.05, 0.1) is 23.5 Å². The Morgan fingerprint density at radius 1 is 1.13 bits per heavy atom. The number of hydrogen-bond donors (Lipinski definition) is 3. The molecule has 2 aromatic carbocycles. The van der Waals surface area contributed by atoms with Crippen LogP contribution in [0, 0.1) is 5.92 Å². The van der Waals surface area contributed by atoms with Crippen LogP contribution in [0.25, 0.3) is 22.2 Å². The number of urea groups is 1. The Hall–Kier alpha value is -3.15. The van der Waals surface area contributed by atoms with E-state index in [1.165, 1.54) is 0 Å². The van der Waals surface area contributed by atoms with Gasteiger partial charge in [-0.3, -0.25) is 0 Å². The van der Waals surface area contributed by atoms with Crippen molar-refractivity contribution in [1.29, 1.82) is 0 Å². The predicted molar refractivity (Wildman–Crippen MR) is 125 cm³/mol. The highest BCUT2D eigenvalue weighted by Gasteiger charge is 2.18. The summed E-state index contributed by atoms with van der Waals surface area (Å²) in [4.78, 5) is 11.9. The van der Waals surface area contributed by atoms with Crippen LogP contribution in [-0.2, 0) is 6.54 Å². The van der Waals surface area contributed by atoms with Crippen LogP contribution < -0.4 is 21.1 Å². The summed E-state index contributed by atoms with van der Waals surface area (Å²) in [6.07, 6.45) is 0.900. The zero-order valence-electron chi connectivity index (χ0n) is 18.3. The Morgan fingerprint density at radius 3 is 2.50 bits per heavy atom. The van der Waals surface area contributed by atoms with Crippen LogP contribution >= 0.6 is 0 Å². The maximum absolute atomic E-state index is 11.9. The van der Waals surface area contributed by atoms with E-state index in [9.17, 15) is 4.79 Å². The lowest BCUT2D eigenvalue weighted by atomic mass is 10.1. The molecule has 0 saturated heterocycles. The molecule has 0 aliphatic rings. The number of nitrogens with two attached hydrogens (primary N) is 1. The molecule has 0 aliphatic heterocycles. The van der Waals surface area contributed by atoms with Crippen LogP contribution in [0.2, 0.25) is 0 Å². The van der Waals surface area contributed by atoms with Crippen molar-refractivity contribution in [2.24, 2.45) is 5.92 Å². The van der Waals surface area contributed by atoms with Gasteiger partial charge in [0.1, 0.15) is 5.75 Å². The lowest BCUT2D eigenvalue weighted by molar-refractivity contribution is 0.252. The molecule has 1 aromatic heterocycles. The van der Waals surface area contributed by atoms with E-state index in [-0.39, 0.29) is 6.03 Å². The van der Waals surface area contributed by atoms with Crippen molar-refractivity contribution in [2.75, 3.05) is 24.2 Å². The van der Waals surface area contributed by atoms with Gasteiger partial charge in [0, 0.05) is 35.8 Å². The van der Waals surface area contributed by atoms with Gasteiger partial charge in [0.25, 0.3) is 0 Å². The van der Waals surface area contributed by atoms with Crippen LogP contribution in [0.3, 0.4) is 0 Å². The largest absolute Gasteiger partial charge is 0.494 e. The van der Waals surface area contributed by atoms with E-state index >= 15 is 0 Å². The molecule has 0 unspecified atom stereocenters.